The van der Waals surface area contributed by atoms with Crippen LogP contribution in [0.2, 0.25) is 0 Å². The van der Waals surface area contributed by atoms with E-state index < -0.39 is 17.5 Å². The quantitative estimate of drug-likeness (QED) is 0.520. The molecule has 0 fully saturated rings. The lowest BCUT2D eigenvalue weighted by Gasteiger charge is -2.11. The zero-order valence-corrected chi connectivity index (χ0v) is 15.3. The highest BCUT2D eigenvalue weighted by molar-refractivity contribution is 7.19. The van der Waals surface area contributed by atoms with E-state index in [9.17, 15) is 13.6 Å². The molecule has 3 rings (SSSR count). The molecule has 28 heavy (non-hydrogen) atoms. The van der Waals surface area contributed by atoms with Gasteiger partial charge in [0.2, 0.25) is 0 Å². The van der Waals surface area contributed by atoms with Crippen LogP contribution in [0.15, 0.2) is 36.7 Å². The number of halogens is 2. The van der Waals surface area contributed by atoms with Crippen LogP contribution in [0.25, 0.3) is 10.6 Å². The van der Waals surface area contributed by atoms with Crippen LogP contribution < -0.4 is 15.8 Å². The second-order valence-electron chi connectivity index (χ2n) is 5.58. The van der Waals surface area contributed by atoms with Crippen LogP contribution in [0.4, 0.5) is 19.5 Å². The molecule has 0 saturated carbocycles. The van der Waals surface area contributed by atoms with Gasteiger partial charge in [0.15, 0.2) is 5.69 Å². The van der Waals surface area contributed by atoms with Crippen LogP contribution in [-0.4, -0.2) is 34.2 Å². The third-order valence-corrected chi connectivity index (χ3v) is 4.54. The Morgan fingerprint density at radius 3 is 2.75 bits per heavy atom. The Kier molecular flexibility index (Phi) is 6.12. The highest BCUT2D eigenvalue weighted by Crippen LogP contribution is 2.34. The Morgan fingerprint density at radius 2 is 2.04 bits per heavy atom. The molecule has 3 aromatic rings. The van der Waals surface area contributed by atoms with E-state index in [1.165, 1.54) is 18.5 Å². The number of carbonyl (C=O) groups is 1. The summed E-state index contributed by atoms with van der Waals surface area (Å²) in [7, 11) is 0. The molecule has 0 unspecified atom stereocenters. The van der Waals surface area contributed by atoms with E-state index in [1.807, 2.05) is 0 Å². The molecule has 146 valence electrons. The minimum Gasteiger partial charge on any atom is -0.491 e. The van der Waals surface area contributed by atoms with Gasteiger partial charge in [-0.3, -0.25) is 9.78 Å². The molecule has 0 radical (unpaired) electrons. The van der Waals surface area contributed by atoms with Crippen molar-refractivity contribution in [2.45, 2.75) is 6.42 Å². The van der Waals surface area contributed by atoms with Crippen molar-refractivity contribution in [1.29, 1.82) is 0 Å². The average molecular weight is 406 g/mol. The summed E-state index contributed by atoms with van der Waals surface area (Å²) in [5.41, 5.74) is 5.62. The van der Waals surface area contributed by atoms with Crippen molar-refractivity contribution in [3.8, 4) is 16.3 Å². The molecule has 1 amide bonds. The molecule has 1 aromatic carbocycles. The largest absolute Gasteiger partial charge is 0.491 e. The lowest BCUT2D eigenvalue weighted by molar-refractivity contribution is 0.102. The van der Waals surface area contributed by atoms with Gasteiger partial charge in [-0.15, -0.1) is 0 Å². The number of pyridine rings is 1. The van der Waals surface area contributed by atoms with Crippen LogP contribution >= 0.6 is 11.3 Å². The molecule has 0 bridgehead atoms. The number of hydrogen-bond donors (Lipinski definition) is 3. The van der Waals surface area contributed by atoms with Gasteiger partial charge in [-0.2, -0.15) is 0 Å². The van der Waals surface area contributed by atoms with Crippen molar-refractivity contribution in [3.63, 3.8) is 0 Å². The standard InChI is InChI=1S/C18H16F2N4O3S/c19-10-3-1-4-11(20)14(10)18-24-15(16(21)28-18)17(26)23-12-9-22-6-5-13(12)27-8-2-7-25/h1,3-6,9,25H,2,7-8,21H2,(H,23,26). The second-order valence-corrected chi connectivity index (χ2v) is 6.61. The molecule has 0 aliphatic carbocycles. The van der Waals surface area contributed by atoms with Crippen molar-refractivity contribution >= 4 is 27.9 Å². The number of aliphatic hydroxyl groups excluding tert-OH is 1. The first-order chi connectivity index (χ1) is 13.5. The van der Waals surface area contributed by atoms with Crippen molar-refractivity contribution < 1.29 is 23.4 Å². The number of thiazole rings is 1. The van der Waals surface area contributed by atoms with Gasteiger partial charge >= 0.3 is 0 Å². The maximum Gasteiger partial charge on any atom is 0.277 e. The number of nitrogens with one attached hydrogen (secondary N) is 1. The van der Waals surface area contributed by atoms with E-state index in [0.717, 1.165) is 23.5 Å². The number of rotatable bonds is 7. The number of nitrogen functional groups attached to an aromatic ring is 1. The molecule has 2 aromatic heterocycles. The van der Waals surface area contributed by atoms with Gasteiger partial charge < -0.3 is 20.9 Å². The van der Waals surface area contributed by atoms with Gasteiger partial charge in [-0.1, -0.05) is 17.4 Å². The Labute approximate surface area is 162 Å². The number of anilines is 2. The number of ether oxygens (including phenoxy) is 1. The zero-order valence-electron chi connectivity index (χ0n) is 14.5. The van der Waals surface area contributed by atoms with Gasteiger partial charge in [-0.05, 0) is 12.1 Å². The molecule has 0 atom stereocenters. The Bertz CT molecular complexity index is 976. The lowest BCUT2D eigenvalue weighted by atomic mass is 10.2. The summed E-state index contributed by atoms with van der Waals surface area (Å²) in [6.07, 6.45) is 3.29. The summed E-state index contributed by atoms with van der Waals surface area (Å²) in [5, 5.41) is 11.4. The Balaban J connectivity index is 1.84. The highest BCUT2D eigenvalue weighted by atomic mass is 32.1. The number of nitrogens with two attached hydrogens (primary N) is 1. The molecular weight excluding hydrogens is 390 g/mol. The van der Waals surface area contributed by atoms with Crippen LogP contribution in [0.5, 0.6) is 5.75 Å². The molecule has 7 nitrogen and oxygen atoms in total. The summed E-state index contributed by atoms with van der Waals surface area (Å²) in [4.78, 5) is 20.5. The van der Waals surface area contributed by atoms with Crippen LogP contribution in [0.3, 0.4) is 0 Å². The number of aromatic nitrogens is 2. The third kappa shape index (κ3) is 4.24. The SMILES string of the molecule is Nc1sc(-c2c(F)cccc2F)nc1C(=O)Nc1cnccc1OCCCO. The molecule has 4 N–H and O–H groups in total. The van der Waals surface area contributed by atoms with Gasteiger partial charge in [0.25, 0.3) is 5.91 Å². The summed E-state index contributed by atoms with van der Waals surface area (Å²) >= 11 is 0.807. The Morgan fingerprint density at radius 1 is 1.29 bits per heavy atom. The Hall–Kier alpha value is -3.11. The zero-order chi connectivity index (χ0) is 20.1. The van der Waals surface area contributed by atoms with E-state index in [4.69, 9.17) is 15.6 Å². The number of hydrogen-bond acceptors (Lipinski definition) is 7. The first-order valence-electron chi connectivity index (χ1n) is 8.21. The van der Waals surface area contributed by atoms with Gasteiger partial charge in [0, 0.05) is 25.3 Å². The van der Waals surface area contributed by atoms with Crippen LogP contribution in [0, 0.1) is 11.6 Å². The smallest absolute Gasteiger partial charge is 0.277 e. The fraction of sp³-hybridized carbons (Fsp3) is 0.167. The molecule has 0 saturated heterocycles. The minimum absolute atomic E-state index is 0.0155. The number of carbonyl (C=O) groups excluding carboxylic acids is 1. The van der Waals surface area contributed by atoms with Crippen molar-refractivity contribution in [1.82, 2.24) is 9.97 Å². The molecular formula is C18H16F2N4O3S. The molecule has 0 aliphatic rings. The van der Waals surface area contributed by atoms with Crippen LogP contribution in [-0.2, 0) is 0 Å². The summed E-state index contributed by atoms with van der Waals surface area (Å²) in [5.74, 6) is -1.91. The molecule has 2 heterocycles. The summed E-state index contributed by atoms with van der Waals surface area (Å²) < 4.78 is 33.4. The molecule has 0 aliphatic heterocycles. The van der Waals surface area contributed by atoms with Gasteiger partial charge in [0.1, 0.15) is 33.1 Å². The van der Waals surface area contributed by atoms with E-state index in [2.05, 4.69) is 15.3 Å². The second kappa shape index (κ2) is 8.72. The van der Waals surface area contributed by atoms with E-state index in [-0.39, 0.29) is 40.2 Å². The maximum atomic E-state index is 14.0. The topological polar surface area (TPSA) is 110 Å². The maximum absolute atomic E-state index is 14.0. The monoisotopic (exact) mass is 406 g/mol. The minimum atomic E-state index is -0.799. The summed E-state index contributed by atoms with van der Waals surface area (Å²) in [6.45, 7) is 0.219. The van der Waals surface area contributed by atoms with Crippen molar-refractivity contribution in [2.24, 2.45) is 0 Å². The molecule has 10 heteroatoms. The van der Waals surface area contributed by atoms with E-state index in [1.54, 1.807) is 6.07 Å². The van der Waals surface area contributed by atoms with E-state index in [0.29, 0.717) is 12.2 Å². The molecule has 0 spiro atoms. The first kappa shape index (κ1) is 19.6. The van der Waals surface area contributed by atoms with Gasteiger partial charge in [-0.25, -0.2) is 13.8 Å². The number of aliphatic hydroxyl groups is 1. The fourth-order valence-corrected chi connectivity index (χ4v) is 3.21. The predicted molar refractivity (Wildman–Crippen MR) is 101 cm³/mol. The van der Waals surface area contributed by atoms with Gasteiger partial charge in [0.05, 0.1) is 18.4 Å². The average Bonchev–Trinajstić information content (AvgIpc) is 3.04. The first-order valence-corrected chi connectivity index (χ1v) is 9.02. The lowest BCUT2D eigenvalue weighted by Crippen LogP contribution is -2.15. The predicted octanol–water partition coefficient (Wildman–Crippen LogP) is 3.08. The van der Waals surface area contributed by atoms with Crippen molar-refractivity contribution in [2.75, 3.05) is 24.3 Å². The van der Waals surface area contributed by atoms with Crippen molar-refractivity contribution in [3.05, 3.63) is 54.0 Å². The van der Waals surface area contributed by atoms with Crippen LogP contribution in [0.1, 0.15) is 16.9 Å². The highest BCUT2D eigenvalue weighted by Gasteiger charge is 2.22. The third-order valence-electron chi connectivity index (χ3n) is 3.63. The normalized spacial score (nSPS) is 10.7. The number of amides is 1. The fourth-order valence-electron chi connectivity index (χ4n) is 2.33. The summed E-state index contributed by atoms with van der Waals surface area (Å²) in [6, 6.07) is 4.99. The number of benzene rings is 1. The van der Waals surface area contributed by atoms with E-state index >= 15 is 0 Å². The number of nitrogens with zero attached hydrogens (tertiary/aromatic N) is 2.